The second-order valence-electron chi connectivity index (χ2n) is 5.99. The number of amides is 1. The molecule has 4 rings (SSSR count). The third-order valence-electron chi connectivity index (χ3n) is 4.46. The van der Waals surface area contributed by atoms with E-state index < -0.39 is 0 Å². The number of carbonyl (C=O) groups is 1. The summed E-state index contributed by atoms with van der Waals surface area (Å²) in [5.74, 6) is 0.514. The van der Waals surface area contributed by atoms with Crippen molar-refractivity contribution in [2.75, 3.05) is 12.0 Å². The fourth-order valence-electron chi connectivity index (χ4n) is 3.22. The molecule has 2 aromatic carbocycles. The van der Waals surface area contributed by atoms with Crippen molar-refractivity contribution >= 4 is 34.2 Å². The van der Waals surface area contributed by atoms with Crippen LogP contribution >= 0.6 is 22.6 Å². The fraction of sp³-hybridized carbons (Fsp3) is 0.150. The first-order chi connectivity index (χ1) is 12.2. The lowest BCUT2D eigenvalue weighted by molar-refractivity contribution is 0.0994. The number of anilines is 1. The molecule has 1 amide bonds. The van der Waals surface area contributed by atoms with Crippen LogP contribution in [-0.2, 0) is 6.54 Å². The summed E-state index contributed by atoms with van der Waals surface area (Å²) in [7, 11) is 1.60. The minimum atomic E-state index is -0.0815. The van der Waals surface area contributed by atoms with Crippen LogP contribution in [0.1, 0.15) is 22.3 Å². The van der Waals surface area contributed by atoms with Gasteiger partial charge in [0.2, 0.25) is 0 Å². The van der Waals surface area contributed by atoms with Crippen LogP contribution in [0.5, 0.6) is 5.75 Å². The molecule has 0 aliphatic carbocycles. The zero-order valence-corrected chi connectivity index (χ0v) is 15.9. The van der Waals surface area contributed by atoms with Gasteiger partial charge in [-0.3, -0.25) is 9.69 Å². The first-order valence-corrected chi connectivity index (χ1v) is 9.14. The Hall–Kier alpha value is -2.28. The Balaban J connectivity index is 1.83. The first-order valence-electron chi connectivity index (χ1n) is 8.06. The molecule has 0 spiro atoms. The summed E-state index contributed by atoms with van der Waals surface area (Å²) in [6, 6.07) is 13.7. The number of fused-ring (bicyclic) bond motifs is 2. The molecule has 2 aliphatic heterocycles. The standard InChI is InChI=1S/C20H17IN2O2/c1-25-19-11-15(21)8-9-17(19)20(24)23-13-16-6-4-10-22(16)12-14-5-2-3-7-18(14)23/h2-5,7-11,13H,6,12H2,1H3. The van der Waals surface area contributed by atoms with Crippen LogP contribution in [0.3, 0.4) is 0 Å². The average Bonchev–Trinajstić information content (AvgIpc) is 3.00. The minimum absolute atomic E-state index is 0.0815. The predicted molar refractivity (Wildman–Crippen MR) is 106 cm³/mol. The second-order valence-corrected chi connectivity index (χ2v) is 7.23. The summed E-state index contributed by atoms with van der Waals surface area (Å²) in [5.41, 5.74) is 3.73. The van der Waals surface area contributed by atoms with Crippen molar-refractivity contribution in [3.63, 3.8) is 0 Å². The summed E-state index contributed by atoms with van der Waals surface area (Å²) in [4.78, 5) is 17.3. The highest BCUT2D eigenvalue weighted by Gasteiger charge is 2.27. The first kappa shape index (κ1) is 16.2. The number of methoxy groups -OCH3 is 1. The molecule has 0 fully saturated rings. The van der Waals surface area contributed by atoms with E-state index in [0.717, 1.165) is 33.5 Å². The summed E-state index contributed by atoms with van der Waals surface area (Å²) >= 11 is 2.22. The number of halogens is 1. The number of carbonyl (C=O) groups excluding carboxylic acids is 1. The second kappa shape index (κ2) is 6.55. The Morgan fingerprint density at radius 2 is 2.04 bits per heavy atom. The van der Waals surface area contributed by atoms with Gasteiger partial charge in [0.25, 0.3) is 5.91 Å². The van der Waals surface area contributed by atoms with Crippen LogP contribution in [0.25, 0.3) is 0 Å². The number of nitrogens with zero attached hydrogens (tertiary/aromatic N) is 2. The van der Waals surface area contributed by atoms with E-state index >= 15 is 0 Å². The van der Waals surface area contributed by atoms with E-state index in [4.69, 9.17) is 4.74 Å². The van der Waals surface area contributed by atoms with Crippen molar-refractivity contribution < 1.29 is 9.53 Å². The molecule has 0 N–H and O–H groups in total. The van der Waals surface area contributed by atoms with E-state index in [0.29, 0.717) is 11.3 Å². The number of allylic oxidation sites excluding steroid dienone is 1. The lowest BCUT2D eigenvalue weighted by Crippen LogP contribution is -2.26. The van der Waals surface area contributed by atoms with Crippen LogP contribution in [-0.4, -0.2) is 17.9 Å². The molecule has 0 aromatic heterocycles. The maximum Gasteiger partial charge on any atom is 0.266 e. The van der Waals surface area contributed by atoms with Crippen LogP contribution in [0, 0.1) is 3.57 Å². The highest BCUT2D eigenvalue weighted by Crippen LogP contribution is 2.34. The fourth-order valence-corrected chi connectivity index (χ4v) is 3.68. The van der Waals surface area contributed by atoms with Crippen LogP contribution < -0.4 is 9.64 Å². The van der Waals surface area contributed by atoms with Gasteiger partial charge >= 0.3 is 0 Å². The number of hydrogen-bond acceptors (Lipinski definition) is 3. The minimum Gasteiger partial charge on any atom is -0.496 e. The van der Waals surface area contributed by atoms with Crippen molar-refractivity contribution in [1.82, 2.24) is 4.90 Å². The van der Waals surface area contributed by atoms with Crippen molar-refractivity contribution in [3.05, 3.63) is 81.3 Å². The Morgan fingerprint density at radius 1 is 1.20 bits per heavy atom. The van der Waals surface area contributed by atoms with Gasteiger partial charge in [-0.1, -0.05) is 24.3 Å². The van der Waals surface area contributed by atoms with Crippen molar-refractivity contribution in [2.45, 2.75) is 13.0 Å². The van der Waals surface area contributed by atoms with Crippen molar-refractivity contribution in [2.24, 2.45) is 0 Å². The highest BCUT2D eigenvalue weighted by atomic mass is 127. The third-order valence-corrected chi connectivity index (χ3v) is 5.13. The molecule has 5 heteroatoms. The molecule has 0 saturated carbocycles. The van der Waals surface area contributed by atoms with E-state index in [2.05, 4.69) is 45.8 Å². The van der Waals surface area contributed by atoms with Gasteiger partial charge in [0, 0.05) is 34.6 Å². The van der Waals surface area contributed by atoms with Gasteiger partial charge in [-0.2, -0.15) is 0 Å². The molecule has 25 heavy (non-hydrogen) atoms. The normalized spacial score (nSPS) is 15.4. The predicted octanol–water partition coefficient (Wildman–Crippen LogP) is 4.52. The average molecular weight is 444 g/mol. The number of hydrogen-bond donors (Lipinski definition) is 0. The van der Waals surface area contributed by atoms with E-state index in [1.165, 1.54) is 0 Å². The quantitative estimate of drug-likeness (QED) is 0.639. The molecular formula is C20H17IN2O2. The van der Waals surface area contributed by atoms with Crippen LogP contribution in [0.2, 0.25) is 0 Å². The Kier molecular flexibility index (Phi) is 4.25. The lowest BCUT2D eigenvalue weighted by atomic mass is 10.1. The Labute approximate surface area is 160 Å². The monoisotopic (exact) mass is 444 g/mol. The number of rotatable bonds is 2. The van der Waals surface area contributed by atoms with Gasteiger partial charge < -0.3 is 9.64 Å². The highest BCUT2D eigenvalue weighted by molar-refractivity contribution is 14.1. The van der Waals surface area contributed by atoms with Gasteiger partial charge in [0.15, 0.2) is 0 Å². The number of benzene rings is 2. The summed E-state index contributed by atoms with van der Waals surface area (Å²) in [6.07, 6.45) is 6.99. The number of para-hydroxylation sites is 1. The topological polar surface area (TPSA) is 32.8 Å². The van der Waals surface area contributed by atoms with Crippen LogP contribution in [0.4, 0.5) is 5.69 Å². The molecule has 126 valence electrons. The van der Waals surface area contributed by atoms with Crippen molar-refractivity contribution in [1.29, 1.82) is 0 Å². The molecule has 2 heterocycles. The molecular weight excluding hydrogens is 427 g/mol. The van der Waals surface area contributed by atoms with Crippen LogP contribution in [0.15, 0.2) is 66.6 Å². The van der Waals surface area contributed by atoms with Gasteiger partial charge in [-0.05, 0) is 52.4 Å². The van der Waals surface area contributed by atoms with E-state index in [1.54, 1.807) is 12.0 Å². The molecule has 0 unspecified atom stereocenters. The molecule has 0 radical (unpaired) electrons. The lowest BCUT2D eigenvalue weighted by Gasteiger charge is -2.21. The third kappa shape index (κ3) is 2.93. The zero-order chi connectivity index (χ0) is 17.4. The molecule has 0 bridgehead atoms. The Morgan fingerprint density at radius 3 is 2.88 bits per heavy atom. The van der Waals surface area contributed by atoms with Gasteiger partial charge in [0.1, 0.15) is 5.75 Å². The summed E-state index contributed by atoms with van der Waals surface area (Å²) < 4.78 is 6.48. The van der Waals surface area contributed by atoms with E-state index in [9.17, 15) is 4.79 Å². The summed E-state index contributed by atoms with van der Waals surface area (Å²) in [6.45, 7) is 0.770. The summed E-state index contributed by atoms with van der Waals surface area (Å²) in [5, 5.41) is 0. The molecule has 2 aliphatic rings. The largest absolute Gasteiger partial charge is 0.496 e. The van der Waals surface area contributed by atoms with Gasteiger partial charge in [-0.15, -0.1) is 0 Å². The van der Waals surface area contributed by atoms with E-state index in [1.807, 2.05) is 42.6 Å². The van der Waals surface area contributed by atoms with Crippen molar-refractivity contribution in [3.8, 4) is 5.75 Å². The zero-order valence-electron chi connectivity index (χ0n) is 13.8. The maximum absolute atomic E-state index is 13.4. The number of ether oxygens (including phenoxy) is 1. The molecule has 4 nitrogen and oxygen atoms in total. The van der Waals surface area contributed by atoms with E-state index in [-0.39, 0.29) is 5.91 Å². The molecule has 0 atom stereocenters. The van der Waals surface area contributed by atoms with Gasteiger partial charge in [-0.25, -0.2) is 0 Å². The SMILES string of the molecule is COc1cc(I)ccc1C(=O)N1C=C2CC=CN2Cc2ccccc21. The molecule has 0 saturated heterocycles. The smallest absolute Gasteiger partial charge is 0.266 e. The van der Waals surface area contributed by atoms with Gasteiger partial charge in [0.05, 0.1) is 18.4 Å². The maximum atomic E-state index is 13.4. The molecule has 2 aromatic rings. The Bertz CT molecular complexity index is 904.